The molecule has 1 unspecified atom stereocenters. The van der Waals surface area contributed by atoms with E-state index in [0.717, 1.165) is 38.4 Å². The van der Waals surface area contributed by atoms with Gasteiger partial charge in [-0.1, -0.05) is 32.9 Å². The number of nitrogens with zero attached hydrogens (tertiary/aromatic N) is 3. The molecular formula is C26H38N4O3. The van der Waals surface area contributed by atoms with Crippen LogP contribution < -0.4 is 10.2 Å². The van der Waals surface area contributed by atoms with Crippen molar-refractivity contribution in [2.24, 2.45) is 0 Å². The minimum absolute atomic E-state index is 0.0579. The second-order valence-electron chi connectivity index (χ2n) is 9.64. The molecule has 2 heterocycles. The third kappa shape index (κ3) is 7.52. The number of benzene rings is 1. The molecule has 2 aromatic rings. The van der Waals surface area contributed by atoms with E-state index >= 15 is 0 Å². The van der Waals surface area contributed by atoms with E-state index in [-0.39, 0.29) is 11.3 Å². The first-order valence-corrected chi connectivity index (χ1v) is 11.9. The van der Waals surface area contributed by atoms with Gasteiger partial charge in [0.1, 0.15) is 5.82 Å². The van der Waals surface area contributed by atoms with Crippen LogP contribution in [0.2, 0.25) is 0 Å². The van der Waals surface area contributed by atoms with E-state index in [1.54, 1.807) is 6.20 Å². The molecular weight excluding hydrogens is 416 g/mol. The van der Waals surface area contributed by atoms with Crippen LogP contribution in [0, 0.1) is 0 Å². The summed E-state index contributed by atoms with van der Waals surface area (Å²) in [6.45, 7) is 13.6. The molecule has 0 saturated carbocycles. The van der Waals surface area contributed by atoms with Crippen molar-refractivity contribution in [1.82, 2.24) is 9.88 Å². The maximum absolute atomic E-state index is 12.6. The molecule has 1 atom stereocenters. The molecule has 1 aliphatic rings. The summed E-state index contributed by atoms with van der Waals surface area (Å²) in [7, 11) is 0. The van der Waals surface area contributed by atoms with Crippen LogP contribution in [0.5, 0.6) is 0 Å². The highest BCUT2D eigenvalue weighted by Crippen LogP contribution is 2.23. The number of amides is 1. The van der Waals surface area contributed by atoms with Gasteiger partial charge in [0.25, 0.3) is 5.91 Å². The molecule has 3 rings (SSSR count). The highest BCUT2D eigenvalue weighted by Gasteiger charge is 2.19. The Morgan fingerprint density at radius 3 is 2.52 bits per heavy atom. The summed E-state index contributed by atoms with van der Waals surface area (Å²) in [5, 5.41) is 13.1. The van der Waals surface area contributed by atoms with Crippen molar-refractivity contribution in [2.75, 3.05) is 56.2 Å². The third-order valence-electron chi connectivity index (χ3n) is 5.91. The number of ether oxygens (including phenoxy) is 1. The average molecular weight is 455 g/mol. The molecule has 180 valence electrons. The van der Waals surface area contributed by atoms with Gasteiger partial charge in [-0.2, -0.15) is 0 Å². The lowest BCUT2D eigenvalue weighted by atomic mass is 9.87. The summed E-state index contributed by atoms with van der Waals surface area (Å²) >= 11 is 0. The van der Waals surface area contributed by atoms with E-state index < -0.39 is 6.10 Å². The summed E-state index contributed by atoms with van der Waals surface area (Å²) in [6.07, 6.45) is 2.26. The number of β-amino-alcohol motifs (C(OH)–C–C–N with tert-alkyl or cyclic N) is 1. The van der Waals surface area contributed by atoms with Gasteiger partial charge < -0.3 is 20.1 Å². The van der Waals surface area contributed by atoms with Crippen LogP contribution >= 0.6 is 0 Å². The van der Waals surface area contributed by atoms with Crippen molar-refractivity contribution in [2.45, 2.75) is 45.6 Å². The first-order valence-electron chi connectivity index (χ1n) is 11.9. The summed E-state index contributed by atoms with van der Waals surface area (Å²) in [5.41, 5.74) is 2.57. The zero-order valence-corrected chi connectivity index (χ0v) is 20.4. The summed E-state index contributed by atoms with van der Waals surface area (Å²) in [4.78, 5) is 21.7. The normalized spacial score (nSPS) is 16.3. The number of aliphatic hydroxyl groups excluding tert-OH is 1. The molecule has 1 amide bonds. The van der Waals surface area contributed by atoms with E-state index in [4.69, 9.17) is 4.74 Å². The minimum Gasteiger partial charge on any atom is -0.389 e. The van der Waals surface area contributed by atoms with Crippen LogP contribution in [0.1, 0.15) is 50.0 Å². The number of carbonyl (C=O) groups is 1. The van der Waals surface area contributed by atoms with Crippen LogP contribution in [0.25, 0.3) is 0 Å². The molecule has 7 nitrogen and oxygen atoms in total. The molecule has 0 radical (unpaired) electrons. The number of hydrogen-bond acceptors (Lipinski definition) is 6. The van der Waals surface area contributed by atoms with Gasteiger partial charge >= 0.3 is 0 Å². The van der Waals surface area contributed by atoms with Crippen molar-refractivity contribution in [1.29, 1.82) is 0 Å². The maximum Gasteiger partial charge on any atom is 0.255 e. The van der Waals surface area contributed by atoms with Gasteiger partial charge in [-0.15, -0.1) is 0 Å². The molecule has 2 N–H and O–H groups in total. The fourth-order valence-corrected chi connectivity index (χ4v) is 3.96. The molecule has 1 aliphatic heterocycles. The molecule has 0 aliphatic carbocycles. The van der Waals surface area contributed by atoms with Crippen LogP contribution in [-0.4, -0.2) is 72.9 Å². The van der Waals surface area contributed by atoms with Gasteiger partial charge in [0.2, 0.25) is 0 Å². The fraction of sp³-hybridized carbons (Fsp3) is 0.538. The van der Waals surface area contributed by atoms with Gasteiger partial charge in [0, 0.05) is 38.3 Å². The lowest BCUT2D eigenvalue weighted by Gasteiger charge is -2.24. The predicted octanol–water partition coefficient (Wildman–Crippen LogP) is 3.54. The SMILES string of the molecule is CCOCC(O)CN1CCCN(c2ccc(NC(=O)c3ccc(C(C)(C)C)cc3)cn2)CC1. The highest BCUT2D eigenvalue weighted by molar-refractivity contribution is 6.04. The van der Waals surface area contributed by atoms with E-state index in [2.05, 4.69) is 40.9 Å². The molecule has 7 heteroatoms. The monoisotopic (exact) mass is 454 g/mol. The zero-order chi connectivity index (χ0) is 23.8. The molecule has 1 saturated heterocycles. The Morgan fingerprint density at radius 1 is 1.12 bits per heavy atom. The Hall–Kier alpha value is -2.48. The average Bonchev–Trinajstić information content (AvgIpc) is 3.03. The summed E-state index contributed by atoms with van der Waals surface area (Å²) < 4.78 is 5.32. The summed E-state index contributed by atoms with van der Waals surface area (Å²) in [5.74, 6) is 0.764. The van der Waals surface area contributed by atoms with Crippen LogP contribution in [0.3, 0.4) is 0 Å². The Bertz CT molecular complexity index is 878. The zero-order valence-electron chi connectivity index (χ0n) is 20.4. The van der Waals surface area contributed by atoms with Gasteiger partial charge in [-0.05, 0) is 55.1 Å². The second kappa shape index (κ2) is 11.6. The van der Waals surface area contributed by atoms with Crippen molar-refractivity contribution >= 4 is 17.4 Å². The molecule has 1 aromatic carbocycles. The van der Waals surface area contributed by atoms with Crippen molar-refractivity contribution in [3.63, 3.8) is 0 Å². The van der Waals surface area contributed by atoms with Crippen molar-refractivity contribution in [3.8, 4) is 0 Å². The second-order valence-corrected chi connectivity index (χ2v) is 9.64. The van der Waals surface area contributed by atoms with Crippen LogP contribution in [-0.2, 0) is 10.2 Å². The Kier molecular flexibility index (Phi) is 8.83. The third-order valence-corrected chi connectivity index (χ3v) is 5.91. The number of hydrogen-bond donors (Lipinski definition) is 2. The molecule has 1 fully saturated rings. The standard InChI is InChI=1S/C26H38N4O3/c1-5-33-19-23(31)18-29-13-6-14-30(16-15-29)24-12-11-22(17-27-24)28-25(32)20-7-9-21(10-8-20)26(2,3)4/h7-12,17,23,31H,5-6,13-16,18-19H2,1-4H3,(H,28,32). The van der Waals surface area contributed by atoms with Crippen LogP contribution in [0.15, 0.2) is 42.6 Å². The number of aromatic nitrogens is 1. The molecule has 33 heavy (non-hydrogen) atoms. The van der Waals surface area contributed by atoms with Gasteiger partial charge in [-0.3, -0.25) is 9.69 Å². The Morgan fingerprint density at radius 2 is 1.88 bits per heavy atom. The first kappa shape index (κ1) is 25.1. The molecule has 1 aromatic heterocycles. The van der Waals surface area contributed by atoms with Crippen molar-refractivity contribution < 1.29 is 14.6 Å². The number of rotatable bonds is 8. The Labute approximate surface area is 197 Å². The van der Waals surface area contributed by atoms with Gasteiger partial charge in [-0.25, -0.2) is 4.98 Å². The number of pyridine rings is 1. The smallest absolute Gasteiger partial charge is 0.255 e. The van der Waals surface area contributed by atoms with Crippen molar-refractivity contribution in [3.05, 3.63) is 53.7 Å². The number of nitrogens with one attached hydrogen (secondary N) is 1. The highest BCUT2D eigenvalue weighted by atomic mass is 16.5. The number of anilines is 2. The lowest BCUT2D eigenvalue weighted by molar-refractivity contribution is 0.0223. The quantitative estimate of drug-likeness (QED) is 0.635. The Balaban J connectivity index is 1.53. The predicted molar refractivity (Wildman–Crippen MR) is 133 cm³/mol. The van der Waals surface area contributed by atoms with E-state index in [9.17, 15) is 9.90 Å². The minimum atomic E-state index is -0.456. The van der Waals surface area contributed by atoms with Gasteiger partial charge in [0.05, 0.1) is 24.6 Å². The van der Waals surface area contributed by atoms with E-state index in [1.807, 2.05) is 43.3 Å². The number of carbonyl (C=O) groups excluding carboxylic acids is 1. The topological polar surface area (TPSA) is 77.9 Å². The largest absolute Gasteiger partial charge is 0.389 e. The van der Waals surface area contributed by atoms with E-state index in [0.29, 0.717) is 31.0 Å². The summed E-state index contributed by atoms with van der Waals surface area (Å²) in [6, 6.07) is 11.6. The molecule has 0 bridgehead atoms. The maximum atomic E-state index is 12.6. The van der Waals surface area contributed by atoms with E-state index in [1.165, 1.54) is 5.56 Å². The van der Waals surface area contributed by atoms with Gasteiger partial charge in [0.15, 0.2) is 0 Å². The lowest BCUT2D eigenvalue weighted by Crippen LogP contribution is -2.37. The fourth-order valence-electron chi connectivity index (χ4n) is 3.96. The van der Waals surface area contributed by atoms with Crippen LogP contribution in [0.4, 0.5) is 11.5 Å². The number of aliphatic hydroxyl groups is 1. The molecule has 0 spiro atoms. The first-order chi connectivity index (χ1) is 15.8.